The summed E-state index contributed by atoms with van der Waals surface area (Å²) in [5.41, 5.74) is 0. The quantitative estimate of drug-likeness (QED) is 0.0445. The van der Waals surface area contributed by atoms with Gasteiger partial charge in [0.05, 0.1) is 7.05 Å². The van der Waals surface area contributed by atoms with Gasteiger partial charge < -0.3 is 5.32 Å². The molecule has 1 aliphatic heterocycles. The first-order valence-electron chi connectivity index (χ1n) is 20.5. The molecule has 0 saturated heterocycles. The van der Waals surface area contributed by atoms with E-state index in [9.17, 15) is 9.59 Å². The normalized spacial score (nSPS) is 14.3. The Hall–Kier alpha value is -1.91. The lowest BCUT2D eigenvalue weighted by Gasteiger charge is -2.18. The lowest BCUT2D eigenvalue weighted by atomic mass is 10.1. The lowest BCUT2D eigenvalue weighted by Crippen LogP contribution is -2.49. The van der Waals surface area contributed by atoms with Crippen LogP contribution in [0.4, 0.5) is 0 Å². The number of hydrogen-bond donors (Lipinski definition) is 1. The molecular weight excluding hydrogens is 578 g/mol. The van der Waals surface area contributed by atoms with E-state index in [1.54, 1.807) is 0 Å². The SMILES string of the molecule is CCCCCCCC/C=C\CCCCCCCC(=O)NC(C)C1=[N+](C)CCN1C(=O)CCCCCCC/C=C\CCCCCCCC. The van der Waals surface area contributed by atoms with Gasteiger partial charge in [0.2, 0.25) is 5.91 Å². The molecule has 0 radical (unpaired) electrons. The van der Waals surface area contributed by atoms with Crippen LogP contribution in [-0.4, -0.2) is 53.3 Å². The first-order valence-corrected chi connectivity index (χ1v) is 20.5. The number of nitrogens with zero attached hydrogens (tertiary/aromatic N) is 2. The van der Waals surface area contributed by atoms with E-state index in [4.69, 9.17) is 0 Å². The van der Waals surface area contributed by atoms with E-state index < -0.39 is 0 Å². The van der Waals surface area contributed by atoms with Crippen LogP contribution in [0.25, 0.3) is 0 Å². The van der Waals surface area contributed by atoms with E-state index in [1.165, 1.54) is 141 Å². The number of carbonyl (C=O) groups is 2. The summed E-state index contributed by atoms with van der Waals surface area (Å²) in [6.45, 7) is 8.13. The number of allylic oxidation sites excluding steroid dienone is 4. The maximum absolute atomic E-state index is 13.1. The van der Waals surface area contributed by atoms with E-state index in [-0.39, 0.29) is 17.9 Å². The number of likely N-dealkylation sites (N-methyl/N-ethyl adjacent to an activating group) is 1. The van der Waals surface area contributed by atoms with Crippen molar-refractivity contribution in [2.75, 3.05) is 20.1 Å². The topological polar surface area (TPSA) is 52.4 Å². The first kappa shape index (κ1) is 43.1. The molecule has 1 unspecified atom stereocenters. The summed E-state index contributed by atoms with van der Waals surface area (Å²) in [4.78, 5) is 27.7. The summed E-state index contributed by atoms with van der Waals surface area (Å²) in [7, 11) is 2.04. The summed E-state index contributed by atoms with van der Waals surface area (Å²) < 4.78 is 2.14. The van der Waals surface area contributed by atoms with Crippen molar-refractivity contribution in [1.29, 1.82) is 0 Å². The second-order valence-electron chi connectivity index (χ2n) is 14.3. The molecule has 1 rings (SSSR count). The molecule has 0 aliphatic carbocycles. The molecule has 2 amide bonds. The molecule has 5 nitrogen and oxygen atoms in total. The highest BCUT2D eigenvalue weighted by molar-refractivity contribution is 6.00. The van der Waals surface area contributed by atoms with Gasteiger partial charge >= 0.3 is 5.91 Å². The van der Waals surface area contributed by atoms with E-state index in [0.29, 0.717) is 12.8 Å². The molecule has 1 aliphatic rings. The van der Waals surface area contributed by atoms with Crippen LogP contribution in [0.15, 0.2) is 24.3 Å². The minimum Gasteiger partial charge on any atom is -0.342 e. The number of hydrogen-bond acceptors (Lipinski definition) is 2. The van der Waals surface area contributed by atoms with Crippen molar-refractivity contribution >= 4 is 17.6 Å². The van der Waals surface area contributed by atoms with E-state index >= 15 is 0 Å². The fraction of sp³-hybridized carbons (Fsp3) is 0.833. The Kier molecular flexibility index (Phi) is 28.8. The Morgan fingerprint density at radius 1 is 0.617 bits per heavy atom. The van der Waals surface area contributed by atoms with Gasteiger partial charge in [-0.3, -0.25) is 9.37 Å². The van der Waals surface area contributed by atoms with Gasteiger partial charge in [-0.2, -0.15) is 4.90 Å². The van der Waals surface area contributed by atoms with Crippen molar-refractivity contribution < 1.29 is 14.2 Å². The van der Waals surface area contributed by atoms with Crippen molar-refractivity contribution in [1.82, 2.24) is 10.2 Å². The van der Waals surface area contributed by atoms with Gasteiger partial charge in [-0.15, -0.1) is 0 Å². The number of nitrogens with one attached hydrogen (secondary N) is 1. The van der Waals surface area contributed by atoms with E-state index in [2.05, 4.69) is 48.0 Å². The van der Waals surface area contributed by atoms with Gasteiger partial charge in [0.15, 0.2) is 0 Å². The molecule has 0 saturated carbocycles. The van der Waals surface area contributed by atoms with E-state index in [0.717, 1.165) is 44.6 Å². The zero-order valence-electron chi connectivity index (χ0n) is 31.8. The summed E-state index contributed by atoms with van der Waals surface area (Å²) in [6.07, 6.45) is 43.5. The molecule has 0 aromatic rings. The van der Waals surface area contributed by atoms with Crippen molar-refractivity contribution in [3.63, 3.8) is 0 Å². The highest BCUT2D eigenvalue weighted by Gasteiger charge is 2.38. The summed E-state index contributed by atoms with van der Waals surface area (Å²) in [5, 5.41) is 3.18. The van der Waals surface area contributed by atoms with Gasteiger partial charge in [0, 0.05) is 12.8 Å². The molecule has 47 heavy (non-hydrogen) atoms. The summed E-state index contributed by atoms with van der Waals surface area (Å²) in [5.74, 6) is 1.27. The second kappa shape index (κ2) is 31.4. The van der Waals surface area contributed by atoms with Crippen LogP contribution in [0.1, 0.15) is 201 Å². The number of carbonyl (C=O) groups excluding carboxylic acids is 2. The molecule has 0 bridgehead atoms. The number of rotatable bonds is 32. The van der Waals surface area contributed by atoms with E-state index in [1.807, 2.05) is 18.9 Å². The lowest BCUT2D eigenvalue weighted by molar-refractivity contribution is -0.488. The first-order chi connectivity index (χ1) is 23.0. The Morgan fingerprint density at radius 3 is 1.45 bits per heavy atom. The van der Waals surface area contributed by atoms with Crippen LogP contribution in [0.5, 0.6) is 0 Å². The third-order valence-corrected chi connectivity index (χ3v) is 9.71. The molecule has 0 fully saturated rings. The third-order valence-electron chi connectivity index (χ3n) is 9.71. The van der Waals surface area contributed by atoms with Gasteiger partial charge in [0.25, 0.3) is 5.84 Å². The minimum atomic E-state index is -0.142. The van der Waals surface area contributed by atoms with Crippen molar-refractivity contribution in [3.8, 4) is 0 Å². The smallest absolute Gasteiger partial charge is 0.309 e. The van der Waals surface area contributed by atoms with Crippen LogP contribution < -0.4 is 5.32 Å². The number of amidine groups is 1. The standard InChI is InChI=1S/C42H77N3O2/c1-5-7-9-11-13-15-17-19-21-23-25-27-29-31-33-35-40(46)43-39(3)42-44(4)37-38-45(42)41(47)36-34-32-30-28-26-24-22-20-18-16-14-12-10-8-6-2/h19-22,39H,5-18,23-38H2,1-4H3/p+1/b21-19-,22-20-. The number of amides is 2. The highest BCUT2D eigenvalue weighted by atomic mass is 16.2. The fourth-order valence-electron chi connectivity index (χ4n) is 6.72. The Balaban J connectivity index is 2.09. The molecule has 272 valence electrons. The van der Waals surface area contributed by atoms with Crippen molar-refractivity contribution in [2.45, 2.75) is 207 Å². The predicted octanol–water partition coefficient (Wildman–Crippen LogP) is 11.4. The largest absolute Gasteiger partial charge is 0.342 e. The summed E-state index contributed by atoms with van der Waals surface area (Å²) in [6, 6.07) is -0.142. The maximum atomic E-state index is 13.1. The van der Waals surface area contributed by atoms with Crippen LogP contribution in [0.3, 0.4) is 0 Å². The average Bonchev–Trinajstić information content (AvgIpc) is 3.46. The minimum absolute atomic E-state index is 0.104. The van der Waals surface area contributed by atoms with Gasteiger partial charge in [-0.1, -0.05) is 141 Å². The van der Waals surface area contributed by atoms with Gasteiger partial charge in [0.1, 0.15) is 19.1 Å². The Labute approximate surface area is 292 Å². The zero-order chi connectivity index (χ0) is 34.2. The fourth-order valence-corrected chi connectivity index (χ4v) is 6.72. The molecule has 1 atom stereocenters. The van der Waals surface area contributed by atoms with Crippen molar-refractivity contribution in [2.24, 2.45) is 0 Å². The molecular formula is C42H78N3O2+. The van der Waals surface area contributed by atoms with Crippen LogP contribution in [-0.2, 0) is 9.59 Å². The molecule has 0 spiro atoms. The average molecular weight is 657 g/mol. The van der Waals surface area contributed by atoms with Crippen LogP contribution >= 0.6 is 0 Å². The monoisotopic (exact) mass is 657 g/mol. The van der Waals surface area contributed by atoms with Gasteiger partial charge in [-0.05, 0) is 71.1 Å². The molecule has 0 aromatic heterocycles. The van der Waals surface area contributed by atoms with Crippen molar-refractivity contribution in [3.05, 3.63) is 24.3 Å². The third kappa shape index (κ3) is 24.0. The van der Waals surface area contributed by atoms with Crippen LogP contribution in [0.2, 0.25) is 0 Å². The molecule has 0 aromatic carbocycles. The Morgan fingerprint density at radius 2 is 1.00 bits per heavy atom. The predicted molar refractivity (Wildman–Crippen MR) is 204 cm³/mol. The molecule has 1 heterocycles. The molecule has 1 N–H and O–H groups in total. The zero-order valence-corrected chi connectivity index (χ0v) is 31.8. The van der Waals surface area contributed by atoms with Crippen LogP contribution in [0, 0.1) is 0 Å². The maximum Gasteiger partial charge on any atom is 0.309 e. The Bertz CT molecular complexity index is 862. The summed E-state index contributed by atoms with van der Waals surface area (Å²) >= 11 is 0. The molecule has 5 heteroatoms. The highest BCUT2D eigenvalue weighted by Crippen LogP contribution is 2.14. The second-order valence-corrected chi connectivity index (χ2v) is 14.3. The van der Waals surface area contributed by atoms with Gasteiger partial charge in [-0.25, -0.2) is 4.79 Å². The number of unbranched alkanes of at least 4 members (excludes halogenated alkanes) is 22.